The maximum Gasteiger partial charge on any atom is 0.362 e. The average Bonchev–Trinajstić information content (AvgIpc) is 2.65. The summed E-state index contributed by atoms with van der Waals surface area (Å²) in [5, 5.41) is 8.63. The number of quaternary nitrogens is 1. The molecule has 0 rings (SSSR count). The Morgan fingerprint density at radius 3 is 1.32 bits per heavy atom. The summed E-state index contributed by atoms with van der Waals surface area (Å²) in [7, 11) is 0.982. The van der Waals surface area contributed by atoms with Gasteiger partial charge in [0.15, 0.2) is 0 Å². The molecular weight excluding hydrogens is 409 g/mol. The second-order valence-electron chi connectivity index (χ2n) is 10.5. The molecule has 0 aromatic carbocycles. The van der Waals surface area contributed by atoms with Gasteiger partial charge in [0.25, 0.3) is 0 Å². The monoisotopic (exact) mass is 462 g/mol. The van der Waals surface area contributed by atoms with Gasteiger partial charge in [-0.2, -0.15) is 0 Å². The summed E-state index contributed by atoms with van der Waals surface area (Å²) in [6, 6.07) is 0. The highest BCUT2D eigenvalue weighted by Gasteiger charge is 2.48. The van der Waals surface area contributed by atoms with E-state index in [-0.39, 0.29) is 13.0 Å². The fourth-order valence-corrected chi connectivity index (χ4v) is 5.31. The molecule has 0 aromatic heterocycles. The van der Waals surface area contributed by atoms with Crippen molar-refractivity contribution in [2.24, 2.45) is 0 Å². The molecule has 186 valence electrons. The van der Waals surface area contributed by atoms with Crippen molar-refractivity contribution in [3.05, 3.63) is 12.7 Å². The smallest absolute Gasteiger partial charge is 0.362 e. The van der Waals surface area contributed by atoms with E-state index in [4.69, 9.17) is 0 Å². The molecule has 0 fully saturated rings. The largest absolute Gasteiger partial charge is 0.373 e. The van der Waals surface area contributed by atoms with E-state index in [0.29, 0.717) is 10.9 Å². The zero-order valence-corrected chi connectivity index (χ0v) is 21.8. The lowest BCUT2D eigenvalue weighted by Crippen LogP contribution is -2.49. The van der Waals surface area contributed by atoms with E-state index in [1.54, 1.807) is 0 Å². The average molecular weight is 463 g/mol. The molecule has 0 aliphatic carbocycles. The summed E-state index contributed by atoms with van der Waals surface area (Å²) in [4.78, 5) is 19.2. The molecule has 5 nitrogen and oxygen atoms in total. The quantitative estimate of drug-likeness (QED) is 0.0718. The van der Waals surface area contributed by atoms with Gasteiger partial charge in [-0.3, -0.25) is 4.57 Å². The van der Waals surface area contributed by atoms with Crippen LogP contribution in [0.15, 0.2) is 12.7 Å². The first-order chi connectivity index (χ1) is 14.5. The van der Waals surface area contributed by atoms with E-state index in [0.717, 1.165) is 19.3 Å². The molecule has 0 saturated heterocycles. The van der Waals surface area contributed by atoms with Gasteiger partial charge in [-0.25, -0.2) is 0 Å². The molecule has 0 heterocycles. The van der Waals surface area contributed by atoms with Crippen LogP contribution in [-0.4, -0.2) is 52.4 Å². The van der Waals surface area contributed by atoms with Crippen LogP contribution in [0.5, 0.6) is 0 Å². The fraction of sp³-hybridized carbons (Fsp3) is 0.920. The highest BCUT2D eigenvalue weighted by atomic mass is 31.2. The maximum absolute atomic E-state index is 11.8. The second kappa shape index (κ2) is 17.3. The van der Waals surface area contributed by atoms with Crippen LogP contribution >= 0.6 is 7.60 Å². The normalized spacial score (nSPS) is 14.5. The first kappa shape index (κ1) is 30.8. The number of nitrogens with zero attached hydrogens (tertiary/aromatic N) is 1. The number of likely N-dealkylation sites (N-methyl/N-ethyl adjacent to an activating group) is 1. The topological polar surface area (TPSA) is 77.8 Å². The van der Waals surface area contributed by atoms with Crippen LogP contribution in [0.4, 0.5) is 0 Å². The van der Waals surface area contributed by atoms with Crippen molar-refractivity contribution in [1.82, 2.24) is 0 Å². The van der Waals surface area contributed by atoms with Crippen LogP contribution in [0, 0.1) is 0 Å². The third kappa shape index (κ3) is 18.0. The van der Waals surface area contributed by atoms with Crippen molar-refractivity contribution >= 4 is 7.60 Å². The Labute approximate surface area is 193 Å². The predicted molar refractivity (Wildman–Crippen MR) is 133 cm³/mol. The van der Waals surface area contributed by atoms with E-state index in [1.165, 1.54) is 83.5 Å². The van der Waals surface area contributed by atoms with E-state index >= 15 is 0 Å². The summed E-state index contributed by atoms with van der Waals surface area (Å²) >= 11 is 0. The van der Waals surface area contributed by atoms with E-state index < -0.39 is 12.9 Å². The SMILES string of the molecule is C=CCCCCCCCCCCCCCCCCCCC(O)(C[N+](C)(C)C)P(=O)(O)O. The Hall–Kier alpha value is -0.190. The molecule has 0 bridgehead atoms. The van der Waals surface area contributed by atoms with Crippen molar-refractivity contribution in [2.75, 3.05) is 27.7 Å². The molecule has 3 N–H and O–H groups in total. The van der Waals surface area contributed by atoms with E-state index in [1.807, 2.05) is 27.2 Å². The molecule has 31 heavy (non-hydrogen) atoms. The van der Waals surface area contributed by atoms with Crippen LogP contribution in [0.1, 0.15) is 116 Å². The lowest BCUT2D eigenvalue weighted by atomic mass is 10.0. The zero-order chi connectivity index (χ0) is 23.6. The van der Waals surface area contributed by atoms with Crippen molar-refractivity contribution in [1.29, 1.82) is 0 Å². The van der Waals surface area contributed by atoms with Crippen LogP contribution in [-0.2, 0) is 4.57 Å². The minimum absolute atomic E-state index is 0.0625. The zero-order valence-electron chi connectivity index (χ0n) is 20.9. The van der Waals surface area contributed by atoms with Gasteiger partial charge in [0.1, 0.15) is 6.54 Å². The number of hydrogen-bond acceptors (Lipinski definition) is 2. The second-order valence-corrected chi connectivity index (χ2v) is 12.4. The first-order valence-corrected chi connectivity index (χ1v) is 14.3. The van der Waals surface area contributed by atoms with Gasteiger partial charge in [-0.15, -0.1) is 6.58 Å². The molecule has 1 unspecified atom stereocenters. The lowest BCUT2D eigenvalue weighted by Gasteiger charge is -2.35. The number of hydrogen-bond donors (Lipinski definition) is 3. The van der Waals surface area contributed by atoms with E-state index in [9.17, 15) is 19.5 Å². The van der Waals surface area contributed by atoms with Crippen molar-refractivity contribution in [2.45, 2.75) is 121 Å². The third-order valence-corrected chi connectivity index (χ3v) is 7.45. The summed E-state index contributed by atoms with van der Waals surface area (Å²) in [6.07, 6.45) is 23.3. The Kier molecular flexibility index (Phi) is 17.2. The third-order valence-electron chi connectivity index (χ3n) is 6.01. The molecule has 0 spiro atoms. The minimum atomic E-state index is -4.54. The highest BCUT2D eigenvalue weighted by Crippen LogP contribution is 2.52. The highest BCUT2D eigenvalue weighted by molar-refractivity contribution is 7.53. The molecule has 6 heteroatoms. The first-order valence-electron chi connectivity index (χ1n) is 12.7. The van der Waals surface area contributed by atoms with E-state index in [2.05, 4.69) is 6.58 Å². The van der Waals surface area contributed by atoms with Crippen molar-refractivity contribution in [3.63, 3.8) is 0 Å². The molecule has 0 radical (unpaired) electrons. The number of rotatable bonds is 22. The predicted octanol–water partition coefficient (Wildman–Crippen LogP) is 6.77. The van der Waals surface area contributed by atoms with Crippen molar-refractivity contribution < 1.29 is 23.9 Å². The van der Waals surface area contributed by atoms with Crippen LogP contribution < -0.4 is 0 Å². The number of allylic oxidation sites excluding steroid dienone is 1. The Bertz CT molecular complexity index is 486. The molecule has 0 saturated carbocycles. The fourth-order valence-electron chi connectivity index (χ4n) is 4.25. The minimum Gasteiger partial charge on any atom is -0.373 e. The molecule has 0 aliphatic heterocycles. The Balaban J connectivity index is 3.55. The van der Waals surface area contributed by atoms with Gasteiger partial charge >= 0.3 is 7.60 Å². The number of aliphatic hydroxyl groups is 1. The summed E-state index contributed by atoms with van der Waals surface area (Å²) in [5.74, 6) is 0. The maximum atomic E-state index is 11.8. The van der Waals surface area contributed by atoms with Gasteiger partial charge in [-0.1, -0.05) is 96.0 Å². The summed E-state index contributed by atoms with van der Waals surface area (Å²) in [5.41, 5.74) is 0. The molecule has 0 aromatic rings. The van der Waals surface area contributed by atoms with Gasteiger partial charge in [0.05, 0.1) is 21.1 Å². The summed E-state index contributed by atoms with van der Waals surface area (Å²) < 4.78 is 12.1. The van der Waals surface area contributed by atoms with Gasteiger partial charge in [-0.05, 0) is 25.7 Å². The van der Waals surface area contributed by atoms with Crippen LogP contribution in [0.25, 0.3) is 0 Å². The Morgan fingerprint density at radius 1 is 0.710 bits per heavy atom. The summed E-state index contributed by atoms with van der Waals surface area (Å²) in [6.45, 7) is 3.83. The molecular formula is C25H53NO4P+. The number of unbranched alkanes of at least 4 members (excludes halogenated alkanes) is 16. The Morgan fingerprint density at radius 2 is 1.03 bits per heavy atom. The molecule has 1 atom stereocenters. The van der Waals surface area contributed by atoms with Crippen LogP contribution in [0.3, 0.4) is 0 Å². The standard InChI is InChI=1S/C25H52NO4P/c1-5-6-7-8-9-10-11-12-13-14-15-16-17-18-19-20-21-22-23-25(27,31(28,29)30)24-26(2,3)4/h5,27H,1,6-24H2,2-4H3,(H-,28,29,30)/p+1. The van der Waals surface area contributed by atoms with Gasteiger partial charge in [0, 0.05) is 0 Å². The lowest BCUT2D eigenvalue weighted by molar-refractivity contribution is -0.875. The van der Waals surface area contributed by atoms with Gasteiger partial charge in [0.2, 0.25) is 5.34 Å². The van der Waals surface area contributed by atoms with Crippen LogP contribution in [0.2, 0.25) is 0 Å². The van der Waals surface area contributed by atoms with Gasteiger partial charge < -0.3 is 19.4 Å². The molecule has 0 aliphatic rings. The molecule has 0 amide bonds. The van der Waals surface area contributed by atoms with Crippen molar-refractivity contribution in [3.8, 4) is 0 Å².